The van der Waals surface area contributed by atoms with Crippen molar-refractivity contribution in [3.63, 3.8) is 0 Å². The maximum Gasteiger partial charge on any atom is 0.260 e. The number of halogens is 1. The van der Waals surface area contributed by atoms with E-state index in [-0.39, 0.29) is 17.1 Å². The predicted octanol–water partition coefficient (Wildman–Crippen LogP) is 2.57. The Morgan fingerprint density at radius 2 is 1.80 bits per heavy atom. The Morgan fingerprint density at radius 3 is 2.30 bits per heavy atom. The van der Waals surface area contributed by atoms with Gasteiger partial charge in [-0.3, -0.25) is 9.59 Å². The second kappa shape index (κ2) is 6.33. The topological polar surface area (TPSA) is 84.2 Å². The Labute approximate surface area is 123 Å². The standard InChI is InChI=1S/C13H12BrN3O3/c1-8-11(7-15-20-8)13(19)17-10-4-2-9(3-5-10)16-12(18)6-14/h2-5,7H,6H2,1H3,(H,16,18)(H,17,19). The van der Waals surface area contributed by atoms with E-state index >= 15 is 0 Å². The van der Waals surface area contributed by atoms with E-state index in [0.717, 1.165) is 0 Å². The predicted molar refractivity (Wildman–Crippen MR) is 78.1 cm³/mol. The van der Waals surface area contributed by atoms with Gasteiger partial charge in [0, 0.05) is 11.4 Å². The summed E-state index contributed by atoms with van der Waals surface area (Å²) in [6.07, 6.45) is 1.37. The fourth-order valence-corrected chi connectivity index (χ4v) is 1.69. The fraction of sp³-hybridized carbons (Fsp3) is 0.154. The fourth-order valence-electron chi connectivity index (χ4n) is 1.55. The number of carbonyl (C=O) groups is 2. The molecule has 2 aromatic rings. The van der Waals surface area contributed by atoms with Gasteiger partial charge in [-0.1, -0.05) is 21.1 Å². The summed E-state index contributed by atoms with van der Waals surface area (Å²) in [6, 6.07) is 6.81. The largest absolute Gasteiger partial charge is 0.361 e. The zero-order valence-corrected chi connectivity index (χ0v) is 12.2. The van der Waals surface area contributed by atoms with Crippen molar-refractivity contribution < 1.29 is 14.1 Å². The Balaban J connectivity index is 2.02. The quantitative estimate of drug-likeness (QED) is 0.839. The molecule has 0 unspecified atom stereocenters. The second-order valence-corrected chi connectivity index (χ2v) is 4.57. The molecule has 0 spiro atoms. The van der Waals surface area contributed by atoms with Crippen LogP contribution in [0, 0.1) is 6.92 Å². The molecule has 0 fully saturated rings. The molecule has 1 aromatic heterocycles. The van der Waals surface area contributed by atoms with Crippen LogP contribution in [-0.2, 0) is 4.79 Å². The van der Waals surface area contributed by atoms with Crippen molar-refractivity contribution in [2.75, 3.05) is 16.0 Å². The molecule has 0 aliphatic rings. The van der Waals surface area contributed by atoms with E-state index in [9.17, 15) is 9.59 Å². The highest BCUT2D eigenvalue weighted by Gasteiger charge is 2.12. The van der Waals surface area contributed by atoms with Crippen molar-refractivity contribution in [1.82, 2.24) is 5.16 Å². The van der Waals surface area contributed by atoms with E-state index in [4.69, 9.17) is 4.52 Å². The van der Waals surface area contributed by atoms with Gasteiger partial charge in [0.1, 0.15) is 11.3 Å². The number of hydrogen-bond donors (Lipinski definition) is 2. The van der Waals surface area contributed by atoms with Crippen LogP contribution in [0.4, 0.5) is 11.4 Å². The van der Waals surface area contributed by atoms with Crippen LogP contribution in [0.5, 0.6) is 0 Å². The second-order valence-electron chi connectivity index (χ2n) is 4.01. The lowest BCUT2D eigenvalue weighted by Gasteiger charge is -2.06. The summed E-state index contributed by atoms with van der Waals surface area (Å²) < 4.78 is 4.84. The van der Waals surface area contributed by atoms with E-state index < -0.39 is 0 Å². The van der Waals surface area contributed by atoms with E-state index in [1.165, 1.54) is 6.20 Å². The van der Waals surface area contributed by atoms with Gasteiger partial charge in [0.25, 0.3) is 5.91 Å². The van der Waals surface area contributed by atoms with E-state index in [2.05, 4.69) is 31.7 Å². The Morgan fingerprint density at radius 1 is 1.20 bits per heavy atom. The highest BCUT2D eigenvalue weighted by Crippen LogP contribution is 2.15. The van der Waals surface area contributed by atoms with Crippen molar-refractivity contribution in [2.45, 2.75) is 6.92 Å². The summed E-state index contributed by atoms with van der Waals surface area (Å²) in [4.78, 5) is 23.1. The van der Waals surface area contributed by atoms with Crippen LogP contribution in [0.1, 0.15) is 16.1 Å². The molecule has 2 amide bonds. The summed E-state index contributed by atoms with van der Waals surface area (Å²) in [5.74, 6) is 0.0339. The van der Waals surface area contributed by atoms with Crippen LogP contribution in [0.2, 0.25) is 0 Å². The number of aryl methyl sites for hydroxylation is 1. The molecule has 1 heterocycles. The molecule has 20 heavy (non-hydrogen) atoms. The highest BCUT2D eigenvalue weighted by molar-refractivity contribution is 9.09. The Kier molecular flexibility index (Phi) is 4.52. The minimum absolute atomic E-state index is 0.137. The molecule has 0 bridgehead atoms. The van der Waals surface area contributed by atoms with E-state index in [1.807, 2.05) is 0 Å². The number of nitrogens with zero attached hydrogens (tertiary/aromatic N) is 1. The van der Waals surface area contributed by atoms with Gasteiger partial charge in [-0.25, -0.2) is 0 Å². The third-order valence-corrected chi connectivity index (χ3v) is 3.05. The summed E-state index contributed by atoms with van der Waals surface area (Å²) in [5.41, 5.74) is 1.67. The van der Waals surface area contributed by atoms with Gasteiger partial charge < -0.3 is 15.2 Å². The summed E-state index contributed by atoms with van der Waals surface area (Å²) in [7, 11) is 0. The molecular formula is C13H12BrN3O3. The molecule has 0 saturated carbocycles. The molecule has 0 atom stereocenters. The number of rotatable bonds is 4. The molecule has 2 N–H and O–H groups in total. The Bertz CT molecular complexity index is 622. The van der Waals surface area contributed by atoms with Crippen LogP contribution in [0.3, 0.4) is 0 Å². The number of amides is 2. The first-order chi connectivity index (χ1) is 9.60. The van der Waals surface area contributed by atoms with Gasteiger partial charge in [-0.2, -0.15) is 0 Å². The minimum Gasteiger partial charge on any atom is -0.361 e. The van der Waals surface area contributed by atoms with E-state index in [0.29, 0.717) is 22.7 Å². The van der Waals surface area contributed by atoms with Crippen molar-refractivity contribution in [3.05, 3.63) is 41.8 Å². The molecule has 7 heteroatoms. The summed E-state index contributed by atoms with van der Waals surface area (Å²) in [5, 5.41) is 9.19. The number of alkyl halides is 1. The first kappa shape index (κ1) is 14.3. The van der Waals surface area contributed by atoms with Gasteiger partial charge in [-0.05, 0) is 31.2 Å². The molecule has 1 aromatic carbocycles. The van der Waals surface area contributed by atoms with Crippen LogP contribution >= 0.6 is 15.9 Å². The molecule has 0 radical (unpaired) electrons. The zero-order chi connectivity index (χ0) is 14.5. The average molecular weight is 338 g/mol. The first-order valence-corrected chi connectivity index (χ1v) is 6.91. The molecule has 104 valence electrons. The normalized spacial score (nSPS) is 10.1. The lowest BCUT2D eigenvalue weighted by molar-refractivity contribution is -0.113. The van der Waals surface area contributed by atoms with Crippen LogP contribution in [0.15, 0.2) is 35.0 Å². The lowest BCUT2D eigenvalue weighted by Crippen LogP contribution is -2.13. The van der Waals surface area contributed by atoms with Crippen molar-refractivity contribution in [1.29, 1.82) is 0 Å². The molecular weight excluding hydrogens is 326 g/mol. The van der Waals surface area contributed by atoms with Gasteiger partial charge in [-0.15, -0.1) is 0 Å². The molecule has 6 nitrogen and oxygen atoms in total. The lowest BCUT2D eigenvalue weighted by atomic mass is 10.2. The molecule has 0 aliphatic heterocycles. The third-order valence-electron chi connectivity index (χ3n) is 2.54. The number of hydrogen-bond acceptors (Lipinski definition) is 4. The number of nitrogens with one attached hydrogen (secondary N) is 2. The van der Waals surface area contributed by atoms with Crippen molar-refractivity contribution >= 4 is 39.1 Å². The van der Waals surface area contributed by atoms with Crippen LogP contribution in [0.25, 0.3) is 0 Å². The third kappa shape index (κ3) is 3.45. The maximum absolute atomic E-state index is 11.9. The van der Waals surface area contributed by atoms with Gasteiger partial charge in [0.2, 0.25) is 5.91 Å². The number of anilines is 2. The SMILES string of the molecule is Cc1oncc1C(=O)Nc1ccc(NC(=O)CBr)cc1. The van der Waals surface area contributed by atoms with Crippen LogP contribution < -0.4 is 10.6 Å². The molecule has 0 saturated heterocycles. The van der Waals surface area contributed by atoms with Gasteiger partial charge >= 0.3 is 0 Å². The number of benzene rings is 1. The number of carbonyl (C=O) groups excluding carboxylic acids is 2. The Hall–Kier alpha value is -2.15. The van der Waals surface area contributed by atoms with E-state index in [1.54, 1.807) is 31.2 Å². The monoisotopic (exact) mass is 337 g/mol. The smallest absolute Gasteiger partial charge is 0.260 e. The molecule has 2 rings (SSSR count). The van der Waals surface area contributed by atoms with Crippen molar-refractivity contribution in [3.8, 4) is 0 Å². The number of aromatic nitrogens is 1. The minimum atomic E-state index is -0.291. The van der Waals surface area contributed by atoms with Crippen LogP contribution in [-0.4, -0.2) is 22.3 Å². The molecule has 0 aliphatic carbocycles. The first-order valence-electron chi connectivity index (χ1n) is 5.78. The summed E-state index contributed by atoms with van der Waals surface area (Å²) in [6.45, 7) is 1.67. The maximum atomic E-state index is 11.9. The highest BCUT2D eigenvalue weighted by atomic mass is 79.9. The average Bonchev–Trinajstić information content (AvgIpc) is 2.87. The zero-order valence-electron chi connectivity index (χ0n) is 10.6. The summed E-state index contributed by atoms with van der Waals surface area (Å²) >= 11 is 3.06. The van der Waals surface area contributed by atoms with Crippen molar-refractivity contribution in [2.24, 2.45) is 0 Å². The van der Waals surface area contributed by atoms with Gasteiger partial charge in [0.15, 0.2) is 0 Å². The van der Waals surface area contributed by atoms with Gasteiger partial charge in [0.05, 0.1) is 11.5 Å².